The van der Waals surface area contributed by atoms with Crippen LogP contribution in [0.3, 0.4) is 0 Å². The zero-order valence-corrected chi connectivity index (χ0v) is 21.3. The number of rotatable bonds is 5. The number of methoxy groups -OCH3 is 1. The third-order valence-corrected chi connectivity index (χ3v) is 6.94. The fourth-order valence-electron chi connectivity index (χ4n) is 4.73. The van der Waals surface area contributed by atoms with E-state index in [0.29, 0.717) is 56.2 Å². The molecule has 0 unspecified atom stereocenters. The fourth-order valence-corrected chi connectivity index (χ4v) is 4.73. The van der Waals surface area contributed by atoms with Gasteiger partial charge in [-0.1, -0.05) is 13.8 Å². The molecule has 8 nitrogen and oxygen atoms in total. The third-order valence-electron chi connectivity index (χ3n) is 6.94. The van der Waals surface area contributed by atoms with Gasteiger partial charge in [0.05, 0.1) is 11.7 Å². The van der Waals surface area contributed by atoms with Crippen LogP contribution in [0.5, 0.6) is 5.75 Å². The van der Waals surface area contributed by atoms with E-state index >= 15 is 0 Å². The lowest BCUT2D eigenvalue weighted by Crippen LogP contribution is -2.46. The van der Waals surface area contributed by atoms with Crippen LogP contribution in [0.25, 0.3) is 0 Å². The minimum Gasteiger partial charge on any atom is -0.491 e. The summed E-state index contributed by atoms with van der Waals surface area (Å²) in [6, 6.07) is 5.52. The van der Waals surface area contributed by atoms with Crippen LogP contribution in [0.15, 0.2) is 18.2 Å². The first-order chi connectivity index (χ1) is 16.3. The maximum absolute atomic E-state index is 13.5. The van der Waals surface area contributed by atoms with Crippen LogP contribution in [-0.2, 0) is 14.3 Å². The van der Waals surface area contributed by atoms with E-state index < -0.39 is 0 Å². The normalized spacial score (nSPS) is 25.6. The molecule has 0 aromatic heterocycles. The van der Waals surface area contributed by atoms with Crippen molar-refractivity contribution in [1.82, 2.24) is 9.80 Å². The van der Waals surface area contributed by atoms with Gasteiger partial charge in [0.2, 0.25) is 5.91 Å². The highest BCUT2D eigenvalue weighted by molar-refractivity contribution is 5.99. The molecule has 0 saturated carbocycles. The molecule has 2 aliphatic heterocycles. The number of ether oxygens (including phenoxy) is 3. The van der Waals surface area contributed by atoms with Gasteiger partial charge in [-0.2, -0.15) is 0 Å². The van der Waals surface area contributed by atoms with Crippen molar-refractivity contribution in [2.45, 2.75) is 52.2 Å². The molecule has 1 aromatic carbocycles. The van der Waals surface area contributed by atoms with Crippen LogP contribution >= 0.6 is 0 Å². The first-order valence-corrected chi connectivity index (χ1v) is 12.5. The number of benzene rings is 1. The molecule has 3 atom stereocenters. The van der Waals surface area contributed by atoms with Crippen molar-refractivity contribution in [3.8, 4) is 5.75 Å². The molecule has 1 fully saturated rings. The van der Waals surface area contributed by atoms with E-state index in [4.69, 9.17) is 14.2 Å². The molecule has 0 aliphatic carbocycles. The molecule has 1 N–H and O–H groups in total. The number of fused-ring (bicyclic) bond motifs is 1. The molecule has 0 bridgehead atoms. The summed E-state index contributed by atoms with van der Waals surface area (Å²) in [5, 5.41) is 2.99. The van der Waals surface area contributed by atoms with Crippen molar-refractivity contribution in [2.24, 2.45) is 11.8 Å². The Morgan fingerprint density at radius 1 is 1.21 bits per heavy atom. The highest BCUT2D eigenvalue weighted by Gasteiger charge is 2.28. The van der Waals surface area contributed by atoms with Gasteiger partial charge in [0, 0.05) is 58.1 Å². The summed E-state index contributed by atoms with van der Waals surface area (Å²) in [6.45, 7) is 10.5. The first kappa shape index (κ1) is 26.4. The maximum atomic E-state index is 13.5. The molecule has 2 heterocycles. The lowest BCUT2D eigenvalue weighted by atomic mass is 9.99. The molecule has 0 spiro atoms. The Hall–Kier alpha value is -2.16. The van der Waals surface area contributed by atoms with Gasteiger partial charge in [0.25, 0.3) is 5.91 Å². The number of anilines is 1. The molecule has 1 saturated heterocycles. The van der Waals surface area contributed by atoms with E-state index in [2.05, 4.69) is 31.0 Å². The second kappa shape index (κ2) is 12.5. The lowest BCUT2D eigenvalue weighted by molar-refractivity contribution is -0.122. The molecule has 3 rings (SSSR count). The highest BCUT2D eigenvalue weighted by Crippen LogP contribution is 2.27. The number of carbonyl (C=O) groups is 2. The Balaban J connectivity index is 1.87. The minimum absolute atomic E-state index is 0.0322. The molecule has 1 aromatic rings. The number of hydrogen-bond acceptors (Lipinski definition) is 6. The van der Waals surface area contributed by atoms with E-state index in [0.717, 1.165) is 19.5 Å². The van der Waals surface area contributed by atoms with Gasteiger partial charge < -0.3 is 24.4 Å². The second-order valence-electron chi connectivity index (χ2n) is 9.68. The quantitative estimate of drug-likeness (QED) is 0.704. The summed E-state index contributed by atoms with van der Waals surface area (Å²) in [5.41, 5.74) is 1.05. The largest absolute Gasteiger partial charge is 0.491 e. The summed E-state index contributed by atoms with van der Waals surface area (Å²) < 4.78 is 17.3. The monoisotopic (exact) mass is 475 g/mol. The van der Waals surface area contributed by atoms with Gasteiger partial charge >= 0.3 is 0 Å². The predicted octanol–water partition coefficient (Wildman–Crippen LogP) is 3.27. The van der Waals surface area contributed by atoms with Gasteiger partial charge in [-0.3, -0.25) is 14.5 Å². The van der Waals surface area contributed by atoms with Crippen LogP contribution in [0.1, 0.15) is 50.4 Å². The van der Waals surface area contributed by atoms with Gasteiger partial charge in [-0.15, -0.1) is 0 Å². The molecule has 2 amide bonds. The first-order valence-electron chi connectivity index (χ1n) is 12.5. The van der Waals surface area contributed by atoms with E-state index in [1.165, 1.54) is 0 Å². The van der Waals surface area contributed by atoms with Crippen LogP contribution in [0.4, 0.5) is 5.69 Å². The van der Waals surface area contributed by atoms with Crippen molar-refractivity contribution in [3.63, 3.8) is 0 Å². The molecule has 0 radical (unpaired) electrons. The Labute approximate surface area is 203 Å². The van der Waals surface area contributed by atoms with Gasteiger partial charge in [0.1, 0.15) is 12.4 Å². The number of hydrogen-bond donors (Lipinski definition) is 1. The van der Waals surface area contributed by atoms with Crippen LogP contribution in [-0.4, -0.2) is 87.4 Å². The van der Waals surface area contributed by atoms with Gasteiger partial charge in [-0.05, 0) is 56.8 Å². The average Bonchev–Trinajstić information content (AvgIpc) is 2.85. The molecule has 2 aliphatic rings. The predicted molar refractivity (Wildman–Crippen MR) is 132 cm³/mol. The van der Waals surface area contributed by atoms with Gasteiger partial charge in [0.15, 0.2) is 0 Å². The zero-order valence-electron chi connectivity index (χ0n) is 21.3. The Kier molecular flexibility index (Phi) is 9.74. The van der Waals surface area contributed by atoms with Crippen molar-refractivity contribution >= 4 is 17.5 Å². The number of carbonyl (C=O) groups excluding carboxylic acids is 2. The Morgan fingerprint density at radius 3 is 2.62 bits per heavy atom. The zero-order chi connectivity index (χ0) is 24.7. The minimum atomic E-state index is -0.148. The van der Waals surface area contributed by atoms with E-state index in [-0.39, 0.29) is 35.8 Å². The standard InChI is InChI=1S/C26H41N3O5/c1-6-11-29-15-18(2)24(32-5)16-28(4)26(31)22-14-21(7-8-23(22)34-17-19(29)3)27-25(30)20-9-12-33-13-10-20/h7-8,14,18-20,24H,6,9-13,15-17H2,1-5H3,(H,27,30)/t18-,19-,24-/m0/s1. The molecule has 190 valence electrons. The highest BCUT2D eigenvalue weighted by atomic mass is 16.5. The fraction of sp³-hybridized carbons (Fsp3) is 0.692. The SMILES string of the molecule is CCCN1C[C@H](C)[C@@H](OC)CN(C)C(=O)c2cc(NC(=O)C3CCOCC3)ccc2OC[C@@H]1C. The topological polar surface area (TPSA) is 80.3 Å². The smallest absolute Gasteiger partial charge is 0.257 e. The third kappa shape index (κ3) is 6.71. The van der Waals surface area contributed by atoms with E-state index in [1.807, 2.05) is 6.07 Å². The van der Waals surface area contributed by atoms with Crippen molar-refractivity contribution < 1.29 is 23.8 Å². The Bertz CT molecular complexity index is 827. The summed E-state index contributed by atoms with van der Waals surface area (Å²) in [6.07, 6.45) is 2.40. The number of nitrogens with one attached hydrogen (secondary N) is 1. The molecule has 8 heteroatoms. The van der Waals surface area contributed by atoms with Crippen molar-refractivity contribution in [2.75, 3.05) is 58.9 Å². The van der Waals surface area contributed by atoms with Crippen molar-refractivity contribution in [3.05, 3.63) is 23.8 Å². The average molecular weight is 476 g/mol. The summed E-state index contributed by atoms with van der Waals surface area (Å²) in [7, 11) is 3.50. The number of amides is 2. The van der Waals surface area contributed by atoms with Gasteiger partial charge in [-0.25, -0.2) is 0 Å². The second-order valence-corrected chi connectivity index (χ2v) is 9.68. The lowest BCUT2D eigenvalue weighted by Gasteiger charge is -2.35. The van der Waals surface area contributed by atoms with E-state index in [9.17, 15) is 9.59 Å². The summed E-state index contributed by atoms with van der Waals surface area (Å²) in [5.74, 6) is 0.532. The molecular weight excluding hydrogens is 434 g/mol. The molecular formula is C26H41N3O5. The summed E-state index contributed by atoms with van der Waals surface area (Å²) in [4.78, 5) is 30.3. The summed E-state index contributed by atoms with van der Waals surface area (Å²) >= 11 is 0. The maximum Gasteiger partial charge on any atom is 0.257 e. The van der Waals surface area contributed by atoms with Crippen LogP contribution in [0, 0.1) is 11.8 Å². The van der Waals surface area contributed by atoms with Crippen LogP contribution in [0.2, 0.25) is 0 Å². The molecule has 34 heavy (non-hydrogen) atoms. The number of nitrogens with zero attached hydrogens (tertiary/aromatic N) is 2. The number of likely N-dealkylation sites (N-methyl/N-ethyl adjacent to an activating group) is 1. The Morgan fingerprint density at radius 2 is 1.94 bits per heavy atom. The van der Waals surface area contributed by atoms with Crippen molar-refractivity contribution in [1.29, 1.82) is 0 Å². The van der Waals surface area contributed by atoms with Crippen LogP contribution < -0.4 is 10.1 Å². The van der Waals surface area contributed by atoms with E-state index in [1.54, 1.807) is 31.2 Å².